The van der Waals surface area contributed by atoms with Crippen molar-refractivity contribution in [1.29, 1.82) is 0 Å². The van der Waals surface area contributed by atoms with Crippen LogP contribution in [-0.4, -0.2) is 38.7 Å². The Morgan fingerprint density at radius 1 is 1.29 bits per heavy atom. The molecule has 1 aromatic rings. The number of amides is 1. The summed E-state index contributed by atoms with van der Waals surface area (Å²) >= 11 is 0. The van der Waals surface area contributed by atoms with Gasteiger partial charge in [-0.15, -0.1) is 0 Å². The van der Waals surface area contributed by atoms with E-state index in [2.05, 4.69) is 6.92 Å². The predicted octanol–water partition coefficient (Wildman–Crippen LogP) is 2.40. The Bertz CT molecular complexity index is 595. The fraction of sp³-hybridized carbons (Fsp3) is 0.533. The van der Waals surface area contributed by atoms with Gasteiger partial charge in [-0.1, -0.05) is 19.1 Å². The van der Waals surface area contributed by atoms with Gasteiger partial charge in [-0.3, -0.25) is 4.90 Å². The highest BCUT2D eigenvalue weighted by molar-refractivity contribution is 7.91. The van der Waals surface area contributed by atoms with Crippen LogP contribution in [0.4, 0.5) is 10.5 Å². The highest BCUT2D eigenvalue weighted by Gasteiger charge is 2.36. The van der Waals surface area contributed by atoms with Crippen molar-refractivity contribution in [2.75, 3.05) is 23.0 Å². The molecule has 2 rings (SSSR count). The Morgan fingerprint density at radius 3 is 2.43 bits per heavy atom. The molecule has 0 saturated carbocycles. The molecular formula is C15H21NO4S. The average Bonchev–Trinajstić information content (AvgIpc) is 2.80. The minimum Gasteiger partial charge on any atom is -0.449 e. The van der Waals surface area contributed by atoms with Crippen molar-refractivity contribution in [2.24, 2.45) is 0 Å². The molecule has 1 aliphatic rings. The number of ether oxygens (including phenoxy) is 1. The van der Waals surface area contributed by atoms with Crippen molar-refractivity contribution in [1.82, 2.24) is 0 Å². The number of carbonyl (C=O) groups is 1. The van der Waals surface area contributed by atoms with Crippen LogP contribution in [0.3, 0.4) is 0 Å². The predicted molar refractivity (Wildman–Crippen MR) is 82.4 cm³/mol. The molecule has 1 aromatic carbocycles. The Labute approximate surface area is 125 Å². The van der Waals surface area contributed by atoms with Crippen LogP contribution in [0, 0.1) is 0 Å². The van der Waals surface area contributed by atoms with Crippen molar-refractivity contribution in [3.8, 4) is 0 Å². The summed E-state index contributed by atoms with van der Waals surface area (Å²) in [6.07, 6.45) is 0.887. The minimum atomic E-state index is -3.06. The molecule has 6 heteroatoms. The highest BCUT2D eigenvalue weighted by Crippen LogP contribution is 2.25. The van der Waals surface area contributed by atoms with Crippen LogP contribution in [-0.2, 0) is 21.0 Å². The first-order valence-electron chi connectivity index (χ1n) is 7.22. The van der Waals surface area contributed by atoms with Crippen molar-refractivity contribution >= 4 is 21.6 Å². The Balaban J connectivity index is 2.29. The maximum atomic E-state index is 12.2. The number of carbonyl (C=O) groups excluding carboxylic acids is 1. The van der Waals surface area contributed by atoms with E-state index in [1.54, 1.807) is 6.92 Å². The first-order chi connectivity index (χ1) is 9.96. The lowest BCUT2D eigenvalue weighted by Crippen LogP contribution is -2.41. The quantitative estimate of drug-likeness (QED) is 0.856. The van der Waals surface area contributed by atoms with Gasteiger partial charge in [0.1, 0.15) is 0 Å². The van der Waals surface area contributed by atoms with Crippen LogP contribution in [0.1, 0.15) is 25.8 Å². The molecular weight excluding hydrogens is 290 g/mol. The van der Waals surface area contributed by atoms with Crippen molar-refractivity contribution in [3.63, 3.8) is 0 Å². The van der Waals surface area contributed by atoms with E-state index >= 15 is 0 Å². The zero-order valence-electron chi connectivity index (χ0n) is 12.4. The summed E-state index contributed by atoms with van der Waals surface area (Å²) in [5.74, 6) is 0.127. The molecule has 0 aliphatic carbocycles. The summed E-state index contributed by atoms with van der Waals surface area (Å²) < 4.78 is 28.4. The molecule has 0 bridgehead atoms. The van der Waals surface area contributed by atoms with Gasteiger partial charge >= 0.3 is 6.09 Å². The van der Waals surface area contributed by atoms with Crippen LogP contribution in [0.25, 0.3) is 0 Å². The van der Waals surface area contributed by atoms with Crippen LogP contribution >= 0.6 is 0 Å². The van der Waals surface area contributed by atoms with Gasteiger partial charge in [0, 0.05) is 5.69 Å². The third-order valence-corrected chi connectivity index (χ3v) is 5.41. The monoisotopic (exact) mass is 311 g/mol. The molecule has 1 saturated heterocycles. The van der Waals surface area contributed by atoms with Gasteiger partial charge in [0.15, 0.2) is 9.84 Å². The van der Waals surface area contributed by atoms with Gasteiger partial charge < -0.3 is 4.74 Å². The number of hydrogen-bond donors (Lipinski definition) is 0. The molecule has 1 atom stereocenters. The normalized spacial score (nSPS) is 20.2. The molecule has 0 aromatic heterocycles. The molecule has 0 radical (unpaired) electrons. The second kappa shape index (κ2) is 6.47. The molecule has 21 heavy (non-hydrogen) atoms. The van der Waals surface area contributed by atoms with E-state index in [4.69, 9.17) is 4.74 Å². The van der Waals surface area contributed by atoms with E-state index in [0.717, 1.165) is 6.42 Å². The van der Waals surface area contributed by atoms with E-state index in [0.29, 0.717) is 12.1 Å². The van der Waals surface area contributed by atoms with Gasteiger partial charge in [-0.2, -0.15) is 0 Å². The molecule has 1 fully saturated rings. The SMILES string of the molecule is CCOC(=O)N(c1ccc(CC)cc1)C1CCS(=O)(=O)C1. The minimum absolute atomic E-state index is 0.00133. The van der Waals surface area contributed by atoms with Gasteiger partial charge in [0.2, 0.25) is 0 Å². The molecule has 1 aliphatic heterocycles. The van der Waals surface area contributed by atoms with E-state index in [1.807, 2.05) is 24.3 Å². The van der Waals surface area contributed by atoms with Crippen molar-refractivity contribution < 1.29 is 17.9 Å². The van der Waals surface area contributed by atoms with Crippen LogP contribution in [0.15, 0.2) is 24.3 Å². The zero-order chi connectivity index (χ0) is 15.5. The molecule has 1 heterocycles. The fourth-order valence-corrected chi connectivity index (χ4v) is 4.23. The Hall–Kier alpha value is -1.56. The second-order valence-electron chi connectivity index (χ2n) is 5.15. The number of benzene rings is 1. The number of sulfone groups is 1. The molecule has 0 N–H and O–H groups in total. The number of nitrogens with zero attached hydrogens (tertiary/aromatic N) is 1. The summed E-state index contributed by atoms with van der Waals surface area (Å²) in [6, 6.07) is 7.25. The van der Waals surface area contributed by atoms with E-state index < -0.39 is 15.9 Å². The second-order valence-corrected chi connectivity index (χ2v) is 7.37. The first-order valence-corrected chi connectivity index (χ1v) is 9.04. The lowest BCUT2D eigenvalue weighted by Gasteiger charge is -2.27. The average molecular weight is 311 g/mol. The lowest BCUT2D eigenvalue weighted by molar-refractivity contribution is 0.157. The number of rotatable bonds is 4. The highest BCUT2D eigenvalue weighted by atomic mass is 32.2. The standard InChI is InChI=1S/C15H21NO4S/c1-3-12-5-7-13(8-6-12)16(15(17)20-4-2)14-9-10-21(18,19)11-14/h5-8,14H,3-4,9-11H2,1-2H3. The summed E-state index contributed by atoms with van der Waals surface area (Å²) in [7, 11) is -3.06. The summed E-state index contributed by atoms with van der Waals surface area (Å²) in [5.41, 5.74) is 1.86. The largest absolute Gasteiger partial charge is 0.449 e. The summed E-state index contributed by atoms with van der Waals surface area (Å²) in [5, 5.41) is 0. The number of aryl methyl sites for hydroxylation is 1. The summed E-state index contributed by atoms with van der Waals surface area (Å²) in [4.78, 5) is 13.7. The molecule has 1 unspecified atom stereocenters. The van der Waals surface area contributed by atoms with Crippen LogP contribution in [0.2, 0.25) is 0 Å². The first kappa shape index (κ1) is 15.8. The van der Waals surface area contributed by atoms with Crippen LogP contribution in [0.5, 0.6) is 0 Å². The van der Waals surface area contributed by atoms with Crippen LogP contribution < -0.4 is 4.90 Å². The topological polar surface area (TPSA) is 63.7 Å². The Morgan fingerprint density at radius 2 is 1.95 bits per heavy atom. The smallest absolute Gasteiger partial charge is 0.414 e. The molecule has 0 spiro atoms. The van der Waals surface area contributed by atoms with Gasteiger partial charge in [-0.05, 0) is 37.5 Å². The number of hydrogen-bond acceptors (Lipinski definition) is 4. The van der Waals surface area contributed by atoms with Gasteiger partial charge in [0.25, 0.3) is 0 Å². The summed E-state index contributed by atoms with van der Waals surface area (Å²) in [6.45, 7) is 4.06. The molecule has 1 amide bonds. The van der Waals surface area contributed by atoms with E-state index in [-0.39, 0.29) is 24.2 Å². The maximum absolute atomic E-state index is 12.2. The van der Waals surface area contributed by atoms with E-state index in [9.17, 15) is 13.2 Å². The molecule has 116 valence electrons. The van der Waals surface area contributed by atoms with Gasteiger partial charge in [0.05, 0.1) is 24.2 Å². The Kier molecular flexibility index (Phi) is 4.88. The number of anilines is 1. The van der Waals surface area contributed by atoms with Gasteiger partial charge in [-0.25, -0.2) is 13.2 Å². The van der Waals surface area contributed by atoms with Crippen molar-refractivity contribution in [3.05, 3.63) is 29.8 Å². The van der Waals surface area contributed by atoms with E-state index in [1.165, 1.54) is 10.5 Å². The third kappa shape index (κ3) is 3.75. The third-order valence-electron chi connectivity index (χ3n) is 3.66. The fourth-order valence-electron chi connectivity index (χ4n) is 2.53. The maximum Gasteiger partial charge on any atom is 0.414 e. The zero-order valence-corrected chi connectivity index (χ0v) is 13.2. The van der Waals surface area contributed by atoms with Crippen molar-refractivity contribution in [2.45, 2.75) is 32.7 Å². The lowest BCUT2D eigenvalue weighted by atomic mass is 10.1. The molecule has 5 nitrogen and oxygen atoms in total.